The van der Waals surface area contributed by atoms with Crippen LogP contribution in [0.1, 0.15) is 15.2 Å². The van der Waals surface area contributed by atoms with E-state index in [1.165, 1.54) is 11.3 Å². The van der Waals surface area contributed by atoms with Crippen molar-refractivity contribution < 1.29 is 9.90 Å². The molecule has 0 atom stereocenters. The van der Waals surface area contributed by atoms with Crippen LogP contribution in [-0.4, -0.2) is 21.0 Å². The van der Waals surface area contributed by atoms with Crippen LogP contribution in [0.5, 0.6) is 0 Å². The molecule has 2 heterocycles. The van der Waals surface area contributed by atoms with E-state index < -0.39 is 5.97 Å². The number of nitrogens with zero attached hydrogens (tertiary/aromatic N) is 2. The van der Waals surface area contributed by atoms with E-state index in [1.54, 1.807) is 24.4 Å². The maximum Gasteiger partial charge on any atom is 0.345 e. The molecule has 0 unspecified atom stereocenters. The molecule has 0 spiro atoms. The molecule has 0 fully saturated rings. The Morgan fingerprint density at radius 1 is 1.23 bits per heavy atom. The number of nitrogens with one attached hydrogen (secondary N) is 1. The Labute approximate surface area is 131 Å². The van der Waals surface area contributed by atoms with Crippen LogP contribution < -0.4 is 5.32 Å². The largest absolute Gasteiger partial charge is 0.477 e. The molecule has 0 aliphatic carbocycles. The van der Waals surface area contributed by atoms with Gasteiger partial charge in [0.05, 0.1) is 10.6 Å². The summed E-state index contributed by atoms with van der Waals surface area (Å²) in [6, 6.07) is 13.0. The zero-order chi connectivity index (χ0) is 15.5. The predicted molar refractivity (Wildman–Crippen MR) is 86.8 cm³/mol. The Kier molecular flexibility index (Phi) is 3.84. The van der Waals surface area contributed by atoms with Crippen molar-refractivity contribution in [2.24, 2.45) is 0 Å². The van der Waals surface area contributed by atoms with Crippen molar-refractivity contribution in [1.82, 2.24) is 9.97 Å². The number of rotatable bonds is 4. The van der Waals surface area contributed by atoms with Crippen LogP contribution in [0, 0.1) is 6.92 Å². The van der Waals surface area contributed by atoms with Gasteiger partial charge in [-0.1, -0.05) is 12.1 Å². The monoisotopic (exact) mass is 311 g/mol. The average Bonchev–Trinajstić information content (AvgIpc) is 2.97. The third kappa shape index (κ3) is 3.12. The third-order valence-electron chi connectivity index (χ3n) is 3.00. The smallest absolute Gasteiger partial charge is 0.345 e. The van der Waals surface area contributed by atoms with E-state index in [1.807, 2.05) is 31.2 Å². The van der Waals surface area contributed by atoms with E-state index in [-0.39, 0.29) is 0 Å². The van der Waals surface area contributed by atoms with Gasteiger partial charge < -0.3 is 10.4 Å². The molecule has 3 rings (SSSR count). The summed E-state index contributed by atoms with van der Waals surface area (Å²) in [4.78, 5) is 20.7. The molecule has 0 saturated carbocycles. The minimum absolute atomic E-state index is 0.293. The summed E-state index contributed by atoms with van der Waals surface area (Å²) in [5, 5.41) is 12.1. The Morgan fingerprint density at radius 3 is 2.82 bits per heavy atom. The first-order valence-corrected chi connectivity index (χ1v) is 7.44. The molecule has 0 radical (unpaired) electrons. The fourth-order valence-corrected chi connectivity index (χ4v) is 2.81. The lowest BCUT2D eigenvalue weighted by atomic mass is 10.2. The molecule has 110 valence electrons. The van der Waals surface area contributed by atoms with Gasteiger partial charge in [-0.2, -0.15) is 0 Å². The quantitative estimate of drug-likeness (QED) is 0.763. The lowest BCUT2D eigenvalue weighted by molar-refractivity contribution is 0.0702. The minimum atomic E-state index is -0.927. The maximum atomic E-state index is 11.0. The number of anilines is 2. The van der Waals surface area contributed by atoms with Crippen molar-refractivity contribution in [2.45, 2.75) is 6.92 Å². The number of benzene rings is 1. The van der Waals surface area contributed by atoms with E-state index in [0.29, 0.717) is 16.5 Å². The molecule has 0 bridgehead atoms. The standard InChI is InChI=1S/C16H13N3O2S/c1-10-3-2-4-11(9-10)18-16-17-8-7-12(19-16)13-5-6-14(22-13)15(20)21/h2-9H,1H3,(H,20,21)(H,17,18,19). The molecule has 5 nitrogen and oxygen atoms in total. The van der Waals surface area contributed by atoms with Crippen molar-refractivity contribution in [3.8, 4) is 10.6 Å². The second kappa shape index (κ2) is 5.95. The Bertz CT molecular complexity index is 830. The van der Waals surface area contributed by atoms with Gasteiger partial charge in [-0.15, -0.1) is 11.3 Å². The van der Waals surface area contributed by atoms with Crippen molar-refractivity contribution in [2.75, 3.05) is 5.32 Å². The Balaban J connectivity index is 1.87. The predicted octanol–water partition coefficient (Wildman–Crippen LogP) is 3.96. The molecule has 2 aromatic heterocycles. The minimum Gasteiger partial charge on any atom is -0.477 e. The topological polar surface area (TPSA) is 75.1 Å². The van der Waals surface area contributed by atoms with Gasteiger partial charge >= 0.3 is 5.97 Å². The normalized spacial score (nSPS) is 10.4. The highest BCUT2D eigenvalue weighted by molar-refractivity contribution is 7.17. The van der Waals surface area contributed by atoms with Gasteiger partial charge in [0, 0.05) is 11.9 Å². The maximum absolute atomic E-state index is 11.0. The van der Waals surface area contributed by atoms with Gasteiger partial charge in [0.1, 0.15) is 4.88 Å². The van der Waals surface area contributed by atoms with Crippen LogP contribution in [0.3, 0.4) is 0 Å². The highest BCUT2D eigenvalue weighted by Crippen LogP contribution is 2.27. The molecule has 0 amide bonds. The number of carbonyl (C=O) groups is 1. The highest BCUT2D eigenvalue weighted by Gasteiger charge is 2.10. The van der Waals surface area contributed by atoms with Crippen molar-refractivity contribution in [1.29, 1.82) is 0 Å². The second-order valence-electron chi connectivity index (χ2n) is 4.73. The Hall–Kier alpha value is -2.73. The van der Waals surface area contributed by atoms with E-state index >= 15 is 0 Å². The summed E-state index contributed by atoms with van der Waals surface area (Å²) in [7, 11) is 0. The van der Waals surface area contributed by atoms with Gasteiger partial charge in [-0.25, -0.2) is 14.8 Å². The number of aryl methyl sites for hydroxylation is 1. The fraction of sp³-hybridized carbons (Fsp3) is 0.0625. The molecular weight excluding hydrogens is 298 g/mol. The molecule has 1 aromatic carbocycles. The highest BCUT2D eigenvalue weighted by atomic mass is 32.1. The van der Waals surface area contributed by atoms with Crippen LogP contribution >= 0.6 is 11.3 Å². The molecule has 0 saturated heterocycles. The second-order valence-corrected chi connectivity index (χ2v) is 5.81. The van der Waals surface area contributed by atoms with Gasteiger partial charge in [-0.3, -0.25) is 0 Å². The first-order valence-electron chi connectivity index (χ1n) is 6.62. The van der Waals surface area contributed by atoms with E-state index in [9.17, 15) is 4.79 Å². The molecule has 6 heteroatoms. The van der Waals surface area contributed by atoms with Crippen molar-refractivity contribution in [3.63, 3.8) is 0 Å². The number of aromatic carboxylic acids is 1. The lowest BCUT2D eigenvalue weighted by Crippen LogP contribution is -1.97. The van der Waals surface area contributed by atoms with Gasteiger partial charge in [0.2, 0.25) is 5.95 Å². The number of carboxylic acids is 1. The molecule has 2 N–H and O–H groups in total. The summed E-state index contributed by atoms with van der Waals surface area (Å²) in [6.45, 7) is 2.02. The fourth-order valence-electron chi connectivity index (χ4n) is 2.00. The van der Waals surface area contributed by atoms with Gasteiger partial charge in [0.15, 0.2) is 0 Å². The van der Waals surface area contributed by atoms with Crippen molar-refractivity contribution in [3.05, 3.63) is 59.1 Å². The number of hydrogen-bond acceptors (Lipinski definition) is 5. The van der Waals surface area contributed by atoms with Crippen LogP contribution in [0.25, 0.3) is 10.6 Å². The SMILES string of the molecule is Cc1cccc(Nc2nccc(-c3ccc(C(=O)O)s3)n2)c1. The Morgan fingerprint density at radius 2 is 2.09 bits per heavy atom. The lowest BCUT2D eigenvalue weighted by Gasteiger charge is -2.06. The number of aromatic nitrogens is 2. The molecule has 3 aromatic rings. The first-order chi connectivity index (χ1) is 10.6. The van der Waals surface area contributed by atoms with Gasteiger partial charge in [0.25, 0.3) is 0 Å². The van der Waals surface area contributed by atoms with E-state index in [4.69, 9.17) is 5.11 Å². The van der Waals surface area contributed by atoms with E-state index in [0.717, 1.165) is 16.1 Å². The van der Waals surface area contributed by atoms with Crippen LogP contribution in [0.4, 0.5) is 11.6 Å². The summed E-state index contributed by atoms with van der Waals surface area (Å²) in [6.07, 6.45) is 1.65. The van der Waals surface area contributed by atoms with E-state index in [2.05, 4.69) is 15.3 Å². The number of thiophene rings is 1. The van der Waals surface area contributed by atoms with Crippen LogP contribution in [-0.2, 0) is 0 Å². The average molecular weight is 311 g/mol. The molecule has 0 aliphatic heterocycles. The van der Waals surface area contributed by atoms with Crippen LogP contribution in [0.2, 0.25) is 0 Å². The van der Waals surface area contributed by atoms with Gasteiger partial charge in [-0.05, 0) is 42.8 Å². The first kappa shape index (κ1) is 14.2. The third-order valence-corrected chi connectivity index (χ3v) is 4.09. The number of carboxylic acid groups (broad SMARTS) is 1. The zero-order valence-electron chi connectivity index (χ0n) is 11.8. The molecular formula is C16H13N3O2S. The summed E-state index contributed by atoms with van der Waals surface area (Å²) < 4.78 is 0. The number of hydrogen-bond donors (Lipinski definition) is 2. The summed E-state index contributed by atoms with van der Waals surface area (Å²) >= 11 is 1.19. The summed E-state index contributed by atoms with van der Waals surface area (Å²) in [5.41, 5.74) is 2.75. The summed E-state index contributed by atoms with van der Waals surface area (Å²) in [5.74, 6) is -0.447. The molecule has 0 aliphatic rings. The molecule has 22 heavy (non-hydrogen) atoms. The zero-order valence-corrected chi connectivity index (χ0v) is 12.6. The van der Waals surface area contributed by atoms with Crippen LogP contribution in [0.15, 0.2) is 48.7 Å². The van der Waals surface area contributed by atoms with Crippen molar-refractivity contribution >= 4 is 28.9 Å².